The summed E-state index contributed by atoms with van der Waals surface area (Å²) in [6.45, 7) is 4.01. The molecule has 0 N–H and O–H groups in total. The summed E-state index contributed by atoms with van der Waals surface area (Å²) in [5.74, 6) is 0.211. The van der Waals surface area contributed by atoms with Gasteiger partial charge in [0.25, 0.3) is 0 Å². The first-order valence-electron chi connectivity index (χ1n) is 19.6. The van der Waals surface area contributed by atoms with Crippen molar-refractivity contribution in [2.75, 3.05) is 0 Å². The van der Waals surface area contributed by atoms with Gasteiger partial charge in [0.05, 0.1) is 73.2 Å². The zero-order valence-electron chi connectivity index (χ0n) is 32.9. The molecule has 0 saturated heterocycles. The monoisotopic (exact) mass is 827 g/mol. The minimum Gasteiger partial charge on any atom is -0.308 e. The van der Waals surface area contributed by atoms with E-state index in [4.69, 9.17) is 9.97 Å². The fourth-order valence-corrected chi connectivity index (χ4v) is 8.48. The molecule has 11 heteroatoms. The standard InChI is InChI=1S/C51H31F6N5/c1-29-13-17-42-36(21-29)37-22-30(2)14-18-43(37)61(42)46-23-31(28-58)24-47(48(46)49-59-40(32-9-5-3-6-10-32)27-41(60-49)33-11-7-4-8-12-33)62-44-19-15-34(50(52,53)54)25-38(44)39-26-35(51(55,56)57)16-20-45(39)62/h3-27H,1-2H3. The maximum atomic E-state index is 14.3. The van der Waals surface area contributed by atoms with Crippen molar-refractivity contribution in [3.63, 3.8) is 0 Å². The molecule has 3 heterocycles. The van der Waals surface area contributed by atoms with E-state index in [1.807, 2.05) is 109 Å². The molecule has 0 radical (unpaired) electrons. The Hall–Kier alpha value is -7.71. The van der Waals surface area contributed by atoms with Gasteiger partial charge in [0.1, 0.15) is 0 Å². The van der Waals surface area contributed by atoms with Crippen LogP contribution < -0.4 is 0 Å². The van der Waals surface area contributed by atoms with Crippen LogP contribution in [0, 0.1) is 25.2 Å². The summed E-state index contributed by atoms with van der Waals surface area (Å²) in [4.78, 5) is 10.4. The Bertz CT molecular complexity index is 3280. The van der Waals surface area contributed by atoms with Crippen molar-refractivity contribution in [3.05, 3.63) is 179 Å². The quantitative estimate of drug-likeness (QED) is 0.162. The second kappa shape index (κ2) is 14.2. The van der Waals surface area contributed by atoms with Gasteiger partial charge in [0.15, 0.2) is 5.82 Å². The van der Waals surface area contributed by atoms with Gasteiger partial charge in [-0.2, -0.15) is 31.6 Å². The Kier molecular flexibility index (Phi) is 8.82. The molecule has 0 saturated carbocycles. The normalized spacial score (nSPS) is 12.2. The van der Waals surface area contributed by atoms with Crippen LogP contribution in [0.3, 0.4) is 0 Å². The van der Waals surface area contributed by atoms with E-state index in [1.54, 1.807) is 16.7 Å². The lowest BCUT2D eigenvalue weighted by molar-refractivity contribution is -0.138. The number of hydrogen-bond acceptors (Lipinski definition) is 3. The van der Waals surface area contributed by atoms with Crippen LogP contribution in [0.4, 0.5) is 26.3 Å². The molecule has 7 aromatic carbocycles. The lowest BCUT2D eigenvalue weighted by Crippen LogP contribution is -2.08. The molecule has 0 aliphatic heterocycles. The highest BCUT2D eigenvalue weighted by atomic mass is 19.4. The van der Waals surface area contributed by atoms with E-state index in [2.05, 4.69) is 18.2 Å². The second-order valence-electron chi connectivity index (χ2n) is 15.4. The zero-order chi connectivity index (χ0) is 43.1. The molecule has 10 rings (SSSR count). The number of hydrogen-bond donors (Lipinski definition) is 0. The molecule has 0 unspecified atom stereocenters. The van der Waals surface area contributed by atoms with E-state index in [-0.39, 0.29) is 38.9 Å². The van der Waals surface area contributed by atoms with Crippen LogP contribution in [-0.2, 0) is 12.4 Å². The fourth-order valence-electron chi connectivity index (χ4n) is 8.48. The van der Waals surface area contributed by atoms with Gasteiger partial charge in [0, 0.05) is 32.7 Å². The van der Waals surface area contributed by atoms with Crippen molar-refractivity contribution >= 4 is 43.6 Å². The average molecular weight is 828 g/mol. The van der Waals surface area contributed by atoms with E-state index in [1.165, 1.54) is 12.1 Å². The lowest BCUT2D eigenvalue weighted by Gasteiger charge is -2.21. The third-order valence-electron chi connectivity index (χ3n) is 11.3. The molecule has 0 atom stereocenters. The minimum absolute atomic E-state index is 0.0532. The van der Waals surface area contributed by atoms with Crippen LogP contribution >= 0.6 is 0 Å². The number of halogens is 6. The topological polar surface area (TPSA) is 59.4 Å². The van der Waals surface area contributed by atoms with Gasteiger partial charge in [-0.15, -0.1) is 0 Å². The highest BCUT2D eigenvalue weighted by Gasteiger charge is 2.34. The molecule has 0 fully saturated rings. The molecule has 0 amide bonds. The molecule has 62 heavy (non-hydrogen) atoms. The molecule has 0 aliphatic rings. The Morgan fingerprint density at radius 1 is 0.468 bits per heavy atom. The number of alkyl halides is 6. The van der Waals surface area contributed by atoms with Gasteiger partial charge >= 0.3 is 12.4 Å². The summed E-state index contributed by atoms with van der Waals surface area (Å²) >= 11 is 0. The van der Waals surface area contributed by atoms with E-state index >= 15 is 0 Å². The van der Waals surface area contributed by atoms with Crippen LogP contribution in [0.5, 0.6) is 0 Å². The van der Waals surface area contributed by atoms with Crippen molar-refractivity contribution in [1.82, 2.24) is 19.1 Å². The first kappa shape index (κ1) is 38.5. The average Bonchev–Trinajstić information content (AvgIpc) is 3.76. The number of rotatable bonds is 5. The summed E-state index contributed by atoms with van der Waals surface area (Å²) in [5, 5.41) is 12.5. The number of fused-ring (bicyclic) bond motifs is 6. The highest BCUT2D eigenvalue weighted by molar-refractivity contribution is 6.12. The van der Waals surface area contributed by atoms with Gasteiger partial charge in [-0.3, -0.25) is 0 Å². The maximum absolute atomic E-state index is 14.3. The van der Waals surface area contributed by atoms with Gasteiger partial charge in [-0.1, -0.05) is 83.9 Å². The summed E-state index contributed by atoms with van der Waals surface area (Å²) in [7, 11) is 0. The number of aromatic nitrogens is 4. The SMILES string of the molecule is Cc1ccc2c(c1)c1cc(C)ccc1n2-c1cc(C#N)cc(-n2c3ccc(C(F)(F)F)cc3c3cc(C(F)(F)F)ccc32)c1-c1nc(-c2ccccc2)cc(-c2ccccc2)n1. The van der Waals surface area contributed by atoms with Crippen LogP contribution in [0.2, 0.25) is 0 Å². The Morgan fingerprint density at radius 2 is 0.855 bits per heavy atom. The molecule has 5 nitrogen and oxygen atoms in total. The van der Waals surface area contributed by atoms with Gasteiger partial charge in [-0.05, 0) is 92.7 Å². The minimum atomic E-state index is -4.78. The predicted octanol–water partition coefficient (Wildman–Crippen LogP) is 14.2. The molecular formula is C51H31F6N5. The molecule has 0 bridgehead atoms. The van der Waals surface area contributed by atoms with E-state index in [9.17, 15) is 31.6 Å². The van der Waals surface area contributed by atoms with Crippen LogP contribution in [0.1, 0.15) is 27.8 Å². The van der Waals surface area contributed by atoms with E-state index in [0.717, 1.165) is 68.3 Å². The van der Waals surface area contributed by atoms with Crippen molar-refractivity contribution in [2.45, 2.75) is 26.2 Å². The Balaban J connectivity index is 1.42. The third kappa shape index (κ3) is 6.43. The summed E-state index contributed by atoms with van der Waals surface area (Å²) in [6.07, 6.45) is -9.56. The van der Waals surface area contributed by atoms with Gasteiger partial charge < -0.3 is 9.13 Å². The highest BCUT2D eigenvalue weighted by Crippen LogP contribution is 2.45. The number of nitriles is 1. The van der Waals surface area contributed by atoms with Crippen molar-refractivity contribution in [3.8, 4) is 51.3 Å². The number of aryl methyl sites for hydroxylation is 2. The predicted molar refractivity (Wildman–Crippen MR) is 231 cm³/mol. The summed E-state index contributed by atoms with van der Waals surface area (Å²) in [6, 6.07) is 44.8. The molecule has 0 spiro atoms. The third-order valence-corrected chi connectivity index (χ3v) is 11.3. The number of nitrogens with zero attached hydrogens (tertiary/aromatic N) is 5. The van der Waals surface area contributed by atoms with Crippen molar-refractivity contribution in [1.29, 1.82) is 5.26 Å². The summed E-state index contributed by atoms with van der Waals surface area (Å²) < 4.78 is 89.6. The largest absolute Gasteiger partial charge is 0.416 e. The molecular weight excluding hydrogens is 797 g/mol. The zero-order valence-corrected chi connectivity index (χ0v) is 32.9. The second-order valence-corrected chi connectivity index (χ2v) is 15.4. The van der Waals surface area contributed by atoms with Crippen molar-refractivity contribution < 1.29 is 26.3 Å². The Labute approximate surface area is 350 Å². The first-order valence-corrected chi connectivity index (χ1v) is 19.6. The molecule has 3 aromatic heterocycles. The lowest BCUT2D eigenvalue weighted by atomic mass is 10.0. The van der Waals surface area contributed by atoms with E-state index in [0.29, 0.717) is 22.6 Å². The molecule has 302 valence electrons. The smallest absolute Gasteiger partial charge is 0.308 e. The molecule has 0 aliphatic carbocycles. The fraction of sp³-hybridized carbons (Fsp3) is 0.0784. The van der Waals surface area contributed by atoms with E-state index < -0.39 is 23.5 Å². The first-order chi connectivity index (χ1) is 29.8. The number of benzene rings is 7. The van der Waals surface area contributed by atoms with Crippen LogP contribution in [-0.4, -0.2) is 19.1 Å². The maximum Gasteiger partial charge on any atom is 0.416 e. The van der Waals surface area contributed by atoms with Gasteiger partial charge in [0.2, 0.25) is 0 Å². The van der Waals surface area contributed by atoms with Gasteiger partial charge in [-0.25, -0.2) is 9.97 Å². The van der Waals surface area contributed by atoms with Crippen LogP contribution in [0.15, 0.2) is 152 Å². The molecule has 10 aromatic rings. The van der Waals surface area contributed by atoms with Crippen LogP contribution in [0.25, 0.3) is 88.9 Å². The van der Waals surface area contributed by atoms with Crippen molar-refractivity contribution in [2.24, 2.45) is 0 Å². The Morgan fingerprint density at radius 3 is 1.24 bits per heavy atom. The summed E-state index contributed by atoms with van der Waals surface area (Å²) in [5.41, 5.74) is 6.00.